The second kappa shape index (κ2) is 9.12. The second-order valence-corrected chi connectivity index (χ2v) is 9.00. The van der Waals surface area contributed by atoms with Crippen molar-refractivity contribution in [1.82, 2.24) is 0 Å². The Labute approximate surface area is 183 Å². The van der Waals surface area contributed by atoms with Crippen LogP contribution in [-0.2, 0) is 4.79 Å². The number of para-hydroxylation sites is 1. The van der Waals surface area contributed by atoms with Gasteiger partial charge in [0.25, 0.3) is 0 Å². The second-order valence-electron chi connectivity index (χ2n) is 6.82. The van der Waals surface area contributed by atoms with Gasteiger partial charge in [-0.25, -0.2) is 0 Å². The summed E-state index contributed by atoms with van der Waals surface area (Å²) in [6, 6.07) is 25.8. The predicted octanol–water partition coefficient (Wildman–Crippen LogP) is 4.17. The van der Waals surface area contributed by atoms with Gasteiger partial charge in [0.15, 0.2) is 0 Å². The van der Waals surface area contributed by atoms with E-state index in [1.807, 2.05) is 67.6 Å². The molecule has 0 aliphatic carbocycles. The summed E-state index contributed by atoms with van der Waals surface area (Å²) < 4.78 is 7.47. The number of carbonyl (C=O) groups is 1. The van der Waals surface area contributed by atoms with Crippen molar-refractivity contribution >= 4 is 41.8 Å². The monoisotopic (exact) mass is 462 g/mol. The molecule has 3 aromatic carbocycles. The molecule has 1 aliphatic heterocycles. The van der Waals surface area contributed by atoms with E-state index in [-0.39, 0.29) is 20.9 Å². The summed E-state index contributed by atoms with van der Waals surface area (Å²) in [7, 11) is 0. The van der Waals surface area contributed by atoms with Gasteiger partial charge in [-0.15, -0.1) is 0 Å². The standard InChI is InChI=1S/C25H22N2O2Se/c1-3-29-21-13-11-19(12-14-21)17-23-24(28)27(20-7-5-4-6-8-20)25(26-23)30-22-15-9-18(2)10-16-22/h4-17H,3H2,1-2H3/b23-17-. The van der Waals surface area contributed by atoms with E-state index in [4.69, 9.17) is 9.73 Å². The van der Waals surface area contributed by atoms with Crippen molar-refractivity contribution in [3.8, 4) is 5.75 Å². The molecule has 0 atom stereocenters. The van der Waals surface area contributed by atoms with E-state index < -0.39 is 0 Å². The topological polar surface area (TPSA) is 41.9 Å². The Kier molecular flexibility index (Phi) is 6.12. The van der Waals surface area contributed by atoms with Gasteiger partial charge in [0, 0.05) is 0 Å². The average Bonchev–Trinajstić information content (AvgIpc) is 3.06. The summed E-state index contributed by atoms with van der Waals surface area (Å²) in [5, 5.41) is 0. The summed E-state index contributed by atoms with van der Waals surface area (Å²) in [5.41, 5.74) is 3.43. The molecule has 0 N–H and O–H groups in total. The fourth-order valence-electron chi connectivity index (χ4n) is 3.07. The van der Waals surface area contributed by atoms with Gasteiger partial charge in [-0.1, -0.05) is 0 Å². The molecular formula is C25H22N2O2Se. The SMILES string of the molecule is CCOc1ccc(/C=C2\N=C([Se]c3ccc(C)cc3)N(c3ccccc3)C2=O)cc1. The van der Waals surface area contributed by atoms with Gasteiger partial charge < -0.3 is 0 Å². The Morgan fingerprint density at radius 3 is 2.33 bits per heavy atom. The molecule has 5 heteroatoms. The molecule has 30 heavy (non-hydrogen) atoms. The molecule has 3 aromatic rings. The third-order valence-corrected chi connectivity index (χ3v) is 6.59. The maximum atomic E-state index is 13.3. The number of hydrogen-bond donors (Lipinski definition) is 0. The molecule has 1 amide bonds. The van der Waals surface area contributed by atoms with Gasteiger partial charge in [-0.3, -0.25) is 0 Å². The Morgan fingerprint density at radius 1 is 0.967 bits per heavy atom. The first-order valence-corrected chi connectivity index (χ1v) is 11.5. The molecule has 4 nitrogen and oxygen atoms in total. The fourth-order valence-corrected chi connectivity index (χ4v) is 4.97. The zero-order chi connectivity index (χ0) is 20.9. The average molecular weight is 461 g/mol. The van der Waals surface area contributed by atoms with Crippen LogP contribution >= 0.6 is 0 Å². The quantitative estimate of drug-likeness (QED) is 0.409. The van der Waals surface area contributed by atoms with Crippen molar-refractivity contribution in [3.05, 3.63) is 95.7 Å². The van der Waals surface area contributed by atoms with E-state index in [1.165, 1.54) is 10.0 Å². The van der Waals surface area contributed by atoms with Gasteiger partial charge >= 0.3 is 183 Å². The summed E-state index contributed by atoms with van der Waals surface area (Å²) in [6.45, 7) is 4.65. The number of ether oxygens (including phenoxy) is 1. The van der Waals surface area contributed by atoms with Crippen LogP contribution in [0.15, 0.2) is 89.6 Å². The minimum atomic E-state index is -0.0981. The van der Waals surface area contributed by atoms with Gasteiger partial charge in [-0.05, 0) is 0 Å². The van der Waals surface area contributed by atoms with Crippen LogP contribution in [0.3, 0.4) is 0 Å². The molecule has 1 heterocycles. The first kappa shape index (κ1) is 20.1. The molecule has 0 bridgehead atoms. The van der Waals surface area contributed by atoms with Crippen LogP contribution in [0.25, 0.3) is 6.08 Å². The van der Waals surface area contributed by atoms with Gasteiger partial charge in [0.1, 0.15) is 0 Å². The van der Waals surface area contributed by atoms with Crippen LogP contribution in [0, 0.1) is 6.92 Å². The molecular weight excluding hydrogens is 439 g/mol. The molecule has 0 radical (unpaired) electrons. The first-order chi connectivity index (χ1) is 14.6. The Bertz CT molecular complexity index is 1090. The normalized spacial score (nSPS) is 14.9. The Morgan fingerprint density at radius 2 is 1.67 bits per heavy atom. The zero-order valence-corrected chi connectivity index (χ0v) is 18.6. The fraction of sp³-hybridized carbons (Fsp3) is 0.120. The number of benzene rings is 3. The molecule has 1 aliphatic rings. The number of anilines is 1. The summed E-state index contributed by atoms with van der Waals surface area (Å²) in [6.07, 6.45) is 1.84. The number of rotatable bonds is 6. The molecule has 4 rings (SSSR count). The molecule has 150 valence electrons. The van der Waals surface area contributed by atoms with E-state index >= 15 is 0 Å². The Balaban J connectivity index is 1.67. The van der Waals surface area contributed by atoms with Crippen molar-refractivity contribution in [2.75, 3.05) is 11.5 Å². The molecule has 0 saturated carbocycles. The van der Waals surface area contributed by atoms with Crippen molar-refractivity contribution in [2.24, 2.45) is 4.99 Å². The van der Waals surface area contributed by atoms with Crippen LogP contribution in [-0.4, -0.2) is 32.2 Å². The summed E-state index contributed by atoms with van der Waals surface area (Å²) >= 11 is -0.0897. The zero-order valence-electron chi connectivity index (χ0n) is 16.9. The van der Waals surface area contributed by atoms with E-state index in [1.54, 1.807) is 4.90 Å². The summed E-state index contributed by atoms with van der Waals surface area (Å²) in [5.74, 6) is 0.717. The minimum absolute atomic E-state index is 0.0897. The molecule has 0 aromatic heterocycles. The number of amidine groups is 1. The van der Waals surface area contributed by atoms with Crippen molar-refractivity contribution < 1.29 is 9.53 Å². The molecule has 0 saturated heterocycles. The van der Waals surface area contributed by atoms with Crippen LogP contribution in [0.5, 0.6) is 5.75 Å². The number of hydrogen-bond acceptors (Lipinski definition) is 3. The third-order valence-electron chi connectivity index (χ3n) is 4.57. The molecule has 0 fully saturated rings. The van der Waals surface area contributed by atoms with Crippen LogP contribution in [0.4, 0.5) is 5.69 Å². The van der Waals surface area contributed by atoms with E-state index in [9.17, 15) is 4.79 Å². The predicted molar refractivity (Wildman–Crippen MR) is 124 cm³/mol. The summed E-state index contributed by atoms with van der Waals surface area (Å²) in [4.78, 5) is 19.7. The van der Waals surface area contributed by atoms with Crippen LogP contribution in [0.2, 0.25) is 0 Å². The number of carbonyl (C=O) groups excluding carboxylic acids is 1. The maximum absolute atomic E-state index is 13.3. The number of aryl methyl sites for hydroxylation is 1. The number of aliphatic imine (C=N–C) groups is 1. The van der Waals surface area contributed by atoms with E-state index in [0.717, 1.165) is 21.7 Å². The van der Waals surface area contributed by atoms with Crippen LogP contribution < -0.4 is 14.1 Å². The number of amides is 1. The van der Waals surface area contributed by atoms with Gasteiger partial charge in [-0.2, -0.15) is 0 Å². The number of nitrogens with zero attached hydrogens (tertiary/aromatic N) is 2. The van der Waals surface area contributed by atoms with Gasteiger partial charge in [0.2, 0.25) is 0 Å². The van der Waals surface area contributed by atoms with E-state index in [2.05, 4.69) is 31.2 Å². The van der Waals surface area contributed by atoms with Crippen molar-refractivity contribution in [2.45, 2.75) is 13.8 Å². The van der Waals surface area contributed by atoms with E-state index in [0.29, 0.717) is 12.3 Å². The molecule has 0 unspecified atom stereocenters. The Hall–Kier alpha value is -3.14. The van der Waals surface area contributed by atoms with Gasteiger partial charge in [0.05, 0.1) is 0 Å². The van der Waals surface area contributed by atoms with Crippen molar-refractivity contribution in [1.29, 1.82) is 0 Å². The third kappa shape index (κ3) is 4.54. The first-order valence-electron chi connectivity index (χ1n) is 9.81. The van der Waals surface area contributed by atoms with Crippen LogP contribution in [0.1, 0.15) is 18.1 Å². The van der Waals surface area contributed by atoms with Crippen molar-refractivity contribution in [3.63, 3.8) is 0 Å². The molecule has 0 spiro atoms.